The summed E-state index contributed by atoms with van der Waals surface area (Å²) in [5, 5.41) is 0. The van der Waals surface area contributed by atoms with Crippen LogP contribution in [0.3, 0.4) is 0 Å². The summed E-state index contributed by atoms with van der Waals surface area (Å²) < 4.78 is 11.3. The molecule has 6 heteroatoms. The molecule has 0 saturated carbocycles. The molecule has 0 aliphatic carbocycles. The topological polar surface area (TPSA) is 74.1 Å². The predicted molar refractivity (Wildman–Crippen MR) is 100 cm³/mol. The monoisotopic (exact) mass is 361 g/mol. The van der Waals surface area contributed by atoms with Gasteiger partial charge in [-0.05, 0) is 23.8 Å². The molecule has 0 amide bonds. The smallest absolute Gasteiger partial charge is 0.341 e. The fourth-order valence-corrected chi connectivity index (χ4v) is 3.48. The Morgan fingerprint density at radius 3 is 2.11 bits per heavy atom. The Morgan fingerprint density at radius 2 is 1.44 bits per heavy atom. The number of hydrogen-bond acceptors (Lipinski definition) is 5. The highest BCUT2D eigenvalue weighted by Gasteiger charge is 2.30. The van der Waals surface area contributed by atoms with Gasteiger partial charge in [-0.25, -0.2) is 9.59 Å². The van der Waals surface area contributed by atoms with Crippen LogP contribution in [0, 0.1) is 0 Å². The van der Waals surface area contributed by atoms with Crippen LogP contribution in [0.2, 0.25) is 0 Å². The van der Waals surface area contributed by atoms with Crippen LogP contribution >= 0.6 is 0 Å². The van der Waals surface area contributed by atoms with Crippen LogP contribution < -0.4 is 5.43 Å². The molecule has 0 aliphatic heterocycles. The molecule has 0 atom stereocenters. The Hall–Kier alpha value is -3.67. The van der Waals surface area contributed by atoms with Gasteiger partial charge in [-0.2, -0.15) is 0 Å². The van der Waals surface area contributed by atoms with E-state index in [0.29, 0.717) is 16.6 Å². The van der Waals surface area contributed by atoms with Crippen molar-refractivity contribution < 1.29 is 19.1 Å². The first-order chi connectivity index (χ1) is 13.1. The first-order valence-corrected chi connectivity index (χ1v) is 8.24. The second kappa shape index (κ2) is 6.25. The lowest BCUT2D eigenvalue weighted by molar-refractivity contribution is 0.0559. The number of hydrogen-bond donors (Lipinski definition) is 0. The molecule has 0 saturated heterocycles. The molecular formula is C21H15NO5. The van der Waals surface area contributed by atoms with Gasteiger partial charge in [-0.15, -0.1) is 0 Å². The van der Waals surface area contributed by atoms with E-state index in [1.165, 1.54) is 20.3 Å². The normalized spacial score (nSPS) is 11.0. The van der Waals surface area contributed by atoms with E-state index in [9.17, 15) is 14.4 Å². The van der Waals surface area contributed by atoms with Crippen LogP contribution in [0.25, 0.3) is 27.7 Å². The fourth-order valence-electron chi connectivity index (χ4n) is 3.48. The van der Waals surface area contributed by atoms with Crippen LogP contribution in [0.1, 0.15) is 20.7 Å². The number of nitrogens with zero attached hydrogens (tertiary/aromatic N) is 1. The molecule has 3 heterocycles. The molecule has 4 aromatic rings. The van der Waals surface area contributed by atoms with E-state index in [-0.39, 0.29) is 22.1 Å². The summed E-state index contributed by atoms with van der Waals surface area (Å²) in [6.45, 7) is 0. The Labute approximate surface area is 153 Å². The van der Waals surface area contributed by atoms with E-state index < -0.39 is 11.9 Å². The minimum absolute atomic E-state index is 0.0252. The average molecular weight is 361 g/mol. The van der Waals surface area contributed by atoms with Crippen molar-refractivity contribution in [2.24, 2.45) is 0 Å². The van der Waals surface area contributed by atoms with E-state index >= 15 is 0 Å². The quantitative estimate of drug-likeness (QED) is 0.524. The number of pyridine rings is 2. The number of ether oxygens (including phenoxy) is 2. The molecule has 0 spiro atoms. The van der Waals surface area contributed by atoms with E-state index in [1.54, 1.807) is 16.5 Å². The number of carbonyl (C=O) groups is 2. The van der Waals surface area contributed by atoms with Crippen molar-refractivity contribution >= 4 is 28.5 Å². The molecule has 0 radical (unpaired) electrons. The fraction of sp³-hybridized carbons (Fsp3) is 0.0952. The zero-order valence-corrected chi connectivity index (χ0v) is 14.7. The highest BCUT2D eigenvalue weighted by molar-refractivity contribution is 6.14. The maximum absolute atomic E-state index is 13.0. The van der Waals surface area contributed by atoms with E-state index in [0.717, 1.165) is 5.56 Å². The summed E-state index contributed by atoms with van der Waals surface area (Å²) in [7, 11) is 2.43. The summed E-state index contributed by atoms with van der Waals surface area (Å²) >= 11 is 0. The minimum atomic E-state index is -0.759. The highest BCUT2D eigenvalue weighted by atomic mass is 16.5. The maximum atomic E-state index is 13.0. The summed E-state index contributed by atoms with van der Waals surface area (Å²) in [5.74, 6) is -1.46. The largest absolute Gasteiger partial charge is 0.465 e. The number of carbonyl (C=O) groups excluding carboxylic acids is 2. The molecule has 6 nitrogen and oxygen atoms in total. The van der Waals surface area contributed by atoms with Crippen LogP contribution in [0.5, 0.6) is 0 Å². The van der Waals surface area contributed by atoms with Crippen molar-refractivity contribution in [1.29, 1.82) is 0 Å². The number of methoxy groups -OCH3 is 2. The molecule has 4 rings (SSSR count). The number of benzene rings is 1. The van der Waals surface area contributed by atoms with E-state index in [2.05, 4.69) is 0 Å². The van der Waals surface area contributed by atoms with E-state index in [4.69, 9.17) is 9.47 Å². The molecule has 0 bridgehead atoms. The zero-order chi connectivity index (χ0) is 19.1. The second-order valence-corrected chi connectivity index (χ2v) is 6.00. The third kappa shape index (κ3) is 2.38. The van der Waals surface area contributed by atoms with Crippen LogP contribution in [-0.2, 0) is 9.47 Å². The summed E-state index contributed by atoms with van der Waals surface area (Å²) in [4.78, 5) is 37.8. The number of rotatable bonds is 3. The van der Waals surface area contributed by atoms with Crippen molar-refractivity contribution in [2.45, 2.75) is 0 Å². The van der Waals surface area contributed by atoms with Gasteiger partial charge >= 0.3 is 11.9 Å². The molecule has 0 fully saturated rings. The standard InChI is InChI=1S/C21H15NO5/c1-26-20(24)17-15-10-6-9-14-13(12-7-4-3-5-8-12)11-16(23)19(22(14)15)18(17)21(25)27-2/h3-11H,1-2H3. The van der Waals surface area contributed by atoms with Gasteiger partial charge < -0.3 is 13.9 Å². The molecule has 0 N–H and O–H groups in total. The van der Waals surface area contributed by atoms with Gasteiger partial charge in [-0.3, -0.25) is 4.79 Å². The third-order valence-electron chi connectivity index (χ3n) is 4.61. The van der Waals surface area contributed by atoms with Crippen LogP contribution in [0.4, 0.5) is 0 Å². The molecule has 134 valence electrons. The van der Waals surface area contributed by atoms with Gasteiger partial charge in [0.05, 0.1) is 25.3 Å². The highest BCUT2D eigenvalue weighted by Crippen LogP contribution is 2.32. The maximum Gasteiger partial charge on any atom is 0.341 e. The van der Waals surface area contributed by atoms with Gasteiger partial charge in [0.1, 0.15) is 16.6 Å². The Bertz CT molecular complexity index is 1240. The van der Waals surface area contributed by atoms with Crippen LogP contribution in [-0.4, -0.2) is 30.6 Å². The second-order valence-electron chi connectivity index (χ2n) is 6.00. The molecule has 3 aromatic heterocycles. The van der Waals surface area contributed by atoms with Crippen molar-refractivity contribution in [1.82, 2.24) is 4.40 Å². The van der Waals surface area contributed by atoms with E-state index in [1.807, 2.05) is 36.4 Å². The summed E-state index contributed by atoms with van der Waals surface area (Å²) in [6, 6.07) is 16.2. The van der Waals surface area contributed by atoms with Crippen molar-refractivity contribution in [3.05, 3.63) is 75.9 Å². The van der Waals surface area contributed by atoms with Gasteiger partial charge in [0.15, 0.2) is 0 Å². The van der Waals surface area contributed by atoms with Crippen molar-refractivity contribution in [2.75, 3.05) is 14.2 Å². The molecule has 27 heavy (non-hydrogen) atoms. The third-order valence-corrected chi connectivity index (χ3v) is 4.61. The predicted octanol–water partition coefficient (Wildman–Crippen LogP) is 3.13. The van der Waals surface area contributed by atoms with Gasteiger partial charge in [0.25, 0.3) is 0 Å². The first kappa shape index (κ1) is 16.8. The molecule has 0 aliphatic rings. The lowest BCUT2D eigenvalue weighted by Gasteiger charge is -2.09. The van der Waals surface area contributed by atoms with Gasteiger partial charge in [-0.1, -0.05) is 36.4 Å². The lowest BCUT2D eigenvalue weighted by atomic mass is 10.0. The molecule has 0 unspecified atom stereocenters. The minimum Gasteiger partial charge on any atom is -0.465 e. The van der Waals surface area contributed by atoms with Gasteiger partial charge in [0.2, 0.25) is 5.43 Å². The molecular weight excluding hydrogens is 346 g/mol. The SMILES string of the molecule is COC(=O)c1c(C(=O)OC)c2c(=O)cc(-c3ccccc3)c3cccc1n32. The van der Waals surface area contributed by atoms with Crippen LogP contribution in [0.15, 0.2) is 59.4 Å². The zero-order valence-electron chi connectivity index (χ0n) is 14.7. The Morgan fingerprint density at radius 1 is 0.815 bits per heavy atom. The molecule has 1 aromatic carbocycles. The Balaban J connectivity index is 2.24. The van der Waals surface area contributed by atoms with Crippen molar-refractivity contribution in [3.8, 4) is 11.1 Å². The summed E-state index contributed by atoms with van der Waals surface area (Å²) in [6.07, 6.45) is 0. The Kier molecular flexibility index (Phi) is 3.88. The average Bonchev–Trinajstić information content (AvgIpc) is 3.07. The van der Waals surface area contributed by atoms with Crippen molar-refractivity contribution in [3.63, 3.8) is 0 Å². The number of aromatic nitrogens is 1. The van der Waals surface area contributed by atoms with Gasteiger partial charge in [0, 0.05) is 5.56 Å². The first-order valence-electron chi connectivity index (χ1n) is 8.24. The number of esters is 2. The summed E-state index contributed by atoms with van der Waals surface area (Å²) in [5.41, 5.74) is 2.37. The lowest BCUT2D eigenvalue weighted by Crippen LogP contribution is -2.13.